The van der Waals surface area contributed by atoms with Gasteiger partial charge < -0.3 is 15.0 Å². The van der Waals surface area contributed by atoms with E-state index in [0.29, 0.717) is 6.61 Å². The predicted molar refractivity (Wildman–Crippen MR) is 82.9 cm³/mol. The molecular formula is C13H25Cl2N3O2. The average molecular weight is 326 g/mol. The number of rotatable bonds is 2. The molecule has 0 aromatic carbocycles. The van der Waals surface area contributed by atoms with Crippen LogP contribution in [0, 0.1) is 0 Å². The van der Waals surface area contributed by atoms with Gasteiger partial charge in [0.25, 0.3) is 0 Å². The maximum Gasteiger partial charge on any atom is 0.242 e. The van der Waals surface area contributed by atoms with E-state index in [1.54, 1.807) is 0 Å². The number of piperazine rings is 1. The molecule has 1 unspecified atom stereocenters. The van der Waals surface area contributed by atoms with Gasteiger partial charge in [0.15, 0.2) is 0 Å². The Morgan fingerprint density at radius 3 is 2.30 bits per heavy atom. The summed E-state index contributed by atoms with van der Waals surface area (Å²) < 4.78 is 5.36. The molecule has 1 atom stereocenters. The number of hydrogen-bond acceptors (Lipinski definition) is 4. The van der Waals surface area contributed by atoms with Crippen molar-refractivity contribution < 1.29 is 9.53 Å². The number of nitrogens with one attached hydrogen (secondary N) is 1. The summed E-state index contributed by atoms with van der Waals surface area (Å²) in [5, 5.41) is 3.24. The molecule has 0 spiro atoms. The van der Waals surface area contributed by atoms with Crippen LogP contribution in [0.1, 0.15) is 19.3 Å². The predicted octanol–water partition coefficient (Wildman–Crippen LogP) is 0.515. The molecule has 5 nitrogen and oxygen atoms in total. The van der Waals surface area contributed by atoms with Crippen LogP contribution in [0.3, 0.4) is 0 Å². The number of carbonyl (C=O) groups excluding carboxylic acids is 1. The first-order valence-electron chi connectivity index (χ1n) is 7.18. The Labute approximate surface area is 133 Å². The van der Waals surface area contributed by atoms with Crippen LogP contribution in [0.25, 0.3) is 0 Å². The molecule has 0 radical (unpaired) electrons. The normalized spacial score (nSPS) is 28.0. The van der Waals surface area contributed by atoms with Crippen molar-refractivity contribution in [2.24, 2.45) is 0 Å². The van der Waals surface area contributed by atoms with Crippen molar-refractivity contribution in [2.75, 3.05) is 45.9 Å². The number of halogens is 2. The lowest BCUT2D eigenvalue weighted by molar-refractivity contribution is -0.138. The lowest BCUT2D eigenvalue weighted by atomic mass is 9.91. The third-order valence-corrected chi connectivity index (χ3v) is 4.44. The molecule has 1 amide bonds. The fraction of sp³-hybridized carbons (Fsp3) is 0.923. The van der Waals surface area contributed by atoms with Crippen molar-refractivity contribution in [3.05, 3.63) is 0 Å². The van der Waals surface area contributed by atoms with Crippen molar-refractivity contribution in [3.8, 4) is 0 Å². The van der Waals surface area contributed by atoms with E-state index in [-0.39, 0.29) is 36.8 Å². The van der Waals surface area contributed by atoms with E-state index >= 15 is 0 Å². The molecule has 2 heterocycles. The highest BCUT2D eigenvalue weighted by Gasteiger charge is 2.32. The number of amides is 1. The number of carbonyl (C=O) groups is 1. The third kappa shape index (κ3) is 3.98. The summed E-state index contributed by atoms with van der Waals surface area (Å²) in [5.41, 5.74) is 0. The molecule has 1 N–H and O–H groups in total. The zero-order valence-corrected chi connectivity index (χ0v) is 13.4. The Morgan fingerprint density at radius 1 is 1.10 bits per heavy atom. The van der Waals surface area contributed by atoms with Gasteiger partial charge in [0, 0.05) is 38.8 Å². The van der Waals surface area contributed by atoms with Gasteiger partial charge in [0.2, 0.25) is 5.91 Å². The Morgan fingerprint density at radius 2 is 1.80 bits per heavy atom. The van der Waals surface area contributed by atoms with Gasteiger partial charge >= 0.3 is 0 Å². The highest BCUT2D eigenvalue weighted by atomic mass is 35.5. The zero-order valence-electron chi connectivity index (χ0n) is 11.8. The summed E-state index contributed by atoms with van der Waals surface area (Å²) >= 11 is 0. The second-order valence-electron chi connectivity index (χ2n) is 5.53. The SMILES string of the molecule is Cl.Cl.O=C(C1COCCN1)N1CCN(C2CCC2)CC1. The molecule has 7 heteroatoms. The molecule has 0 aromatic heterocycles. The van der Waals surface area contributed by atoms with Crippen LogP contribution in [0.2, 0.25) is 0 Å². The standard InChI is InChI=1S/C13H23N3O2.2ClH/c17-13(12-10-18-9-4-14-12)16-7-5-15(6-8-16)11-2-1-3-11;;/h11-12,14H,1-10H2;2*1H. The van der Waals surface area contributed by atoms with E-state index in [4.69, 9.17) is 4.74 Å². The van der Waals surface area contributed by atoms with E-state index in [1.165, 1.54) is 19.3 Å². The minimum absolute atomic E-state index is 0. The van der Waals surface area contributed by atoms with Gasteiger partial charge in [-0.05, 0) is 12.8 Å². The lowest BCUT2D eigenvalue weighted by Gasteiger charge is -2.43. The molecule has 1 saturated carbocycles. The zero-order chi connectivity index (χ0) is 12.4. The summed E-state index contributed by atoms with van der Waals surface area (Å²) in [7, 11) is 0. The number of morpholine rings is 1. The number of hydrogen-bond donors (Lipinski definition) is 1. The molecule has 3 aliphatic rings. The second kappa shape index (κ2) is 8.39. The molecule has 3 fully saturated rings. The van der Waals surface area contributed by atoms with Crippen LogP contribution in [0.5, 0.6) is 0 Å². The lowest BCUT2D eigenvalue weighted by Crippen LogP contribution is -2.58. The molecule has 0 aromatic rings. The van der Waals surface area contributed by atoms with Crippen LogP contribution >= 0.6 is 24.8 Å². The summed E-state index contributed by atoms with van der Waals surface area (Å²) in [4.78, 5) is 16.8. The van der Waals surface area contributed by atoms with E-state index in [0.717, 1.165) is 45.4 Å². The van der Waals surface area contributed by atoms with Crippen molar-refractivity contribution in [1.29, 1.82) is 0 Å². The molecule has 0 bridgehead atoms. The van der Waals surface area contributed by atoms with Crippen LogP contribution in [0.4, 0.5) is 0 Å². The van der Waals surface area contributed by atoms with Crippen molar-refractivity contribution in [1.82, 2.24) is 15.1 Å². The van der Waals surface area contributed by atoms with Crippen molar-refractivity contribution >= 4 is 30.7 Å². The van der Waals surface area contributed by atoms with Gasteiger partial charge in [0.1, 0.15) is 6.04 Å². The molecule has 2 saturated heterocycles. The minimum Gasteiger partial charge on any atom is -0.378 e. The maximum absolute atomic E-state index is 12.3. The molecule has 1 aliphatic carbocycles. The van der Waals surface area contributed by atoms with Crippen molar-refractivity contribution in [3.63, 3.8) is 0 Å². The van der Waals surface area contributed by atoms with Gasteiger partial charge in [-0.1, -0.05) is 6.42 Å². The summed E-state index contributed by atoms with van der Waals surface area (Å²) in [6.07, 6.45) is 4.09. The van der Waals surface area contributed by atoms with E-state index in [1.807, 2.05) is 4.90 Å². The Kier molecular flexibility index (Phi) is 7.54. The van der Waals surface area contributed by atoms with E-state index in [2.05, 4.69) is 10.2 Å². The van der Waals surface area contributed by atoms with Gasteiger partial charge in [-0.3, -0.25) is 9.69 Å². The third-order valence-electron chi connectivity index (χ3n) is 4.44. The molecule has 20 heavy (non-hydrogen) atoms. The molecule has 118 valence electrons. The first kappa shape index (κ1) is 18.0. The fourth-order valence-electron chi connectivity index (χ4n) is 3.00. The van der Waals surface area contributed by atoms with Crippen LogP contribution in [0.15, 0.2) is 0 Å². The van der Waals surface area contributed by atoms with Crippen LogP contribution in [-0.2, 0) is 9.53 Å². The largest absolute Gasteiger partial charge is 0.378 e. The monoisotopic (exact) mass is 325 g/mol. The quantitative estimate of drug-likeness (QED) is 0.803. The van der Waals surface area contributed by atoms with E-state index in [9.17, 15) is 4.79 Å². The smallest absolute Gasteiger partial charge is 0.242 e. The highest BCUT2D eigenvalue weighted by molar-refractivity contribution is 5.85. The minimum atomic E-state index is -0.117. The summed E-state index contributed by atoms with van der Waals surface area (Å²) in [6, 6.07) is 0.687. The topological polar surface area (TPSA) is 44.8 Å². The highest BCUT2D eigenvalue weighted by Crippen LogP contribution is 2.25. The van der Waals surface area contributed by atoms with Gasteiger partial charge in [0.05, 0.1) is 13.2 Å². The second-order valence-corrected chi connectivity index (χ2v) is 5.53. The first-order chi connectivity index (χ1) is 8.84. The van der Waals surface area contributed by atoms with Gasteiger partial charge in [-0.2, -0.15) is 0 Å². The first-order valence-corrected chi connectivity index (χ1v) is 7.18. The Bertz CT molecular complexity index is 302. The molecule has 2 aliphatic heterocycles. The maximum atomic E-state index is 12.3. The molecule has 3 rings (SSSR count). The van der Waals surface area contributed by atoms with Gasteiger partial charge in [-0.15, -0.1) is 24.8 Å². The summed E-state index contributed by atoms with van der Waals surface area (Å²) in [5.74, 6) is 0.225. The van der Waals surface area contributed by atoms with E-state index < -0.39 is 0 Å². The Hall–Kier alpha value is -0.0700. The average Bonchev–Trinajstić information content (AvgIpc) is 2.38. The van der Waals surface area contributed by atoms with Crippen LogP contribution < -0.4 is 5.32 Å². The van der Waals surface area contributed by atoms with Crippen molar-refractivity contribution in [2.45, 2.75) is 31.3 Å². The van der Waals surface area contributed by atoms with Gasteiger partial charge in [-0.25, -0.2) is 0 Å². The van der Waals surface area contributed by atoms with Crippen LogP contribution in [-0.4, -0.2) is 73.7 Å². The summed E-state index contributed by atoms with van der Waals surface area (Å²) in [6.45, 7) is 5.90. The fourth-order valence-corrected chi connectivity index (χ4v) is 3.00. The molecular weight excluding hydrogens is 301 g/mol. The Balaban J connectivity index is 0.000001000. The number of ether oxygens (including phenoxy) is 1. The number of nitrogens with zero attached hydrogens (tertiary/aromatic N) is 2.